The second-order valence-electron chi connectivity index (χ2n) is 5.10. The highest BCUT2D eigenvalue weighted by molar-refractivity contribution is 5.92. The Bertz CT molecular complexity index is 487. The number of hydrogen-bond donors (Lipinski definition) is 1. The summed E-state index contributed by atoms with van der Waals surface area (Å²) in [5, 5.41) is 3.35. The largest absolute Gasteiger partial charge is 0.497 e. The van der Waals surface area contributed by atoms with Crippen LogP contribution in [-0.2, 0) is 9.53 Å². The maximum absolute atomic E-state index is 11.9. The second-order valence-corrected chi connectivity index (χ2v) is 5.10. The summed E-state index contributed by atoms with van der Waals surface area (Å²) in [5.41, 5.74) is 2.13. The van der Waals surface area contributed by atoms with Crippen LogP contribution in [0.5, 0.6) is 5.75 Å². The summed E-state index contributed by atoms with van der Waals surface area (Å²) in [4.78, 5) is 11.9. The van der Waals surface area contributed by atoms with E-state index < -0.39 is 0 Å². The summed E-state index contributed by atoms with van der Waals surface area (Å²) in [6.45, 7) is 4.20. The first-order valence-electron chi connectivity index (χ1n) is 7.48. The summed E-state index contributed by atoms with van der Waals surface area (Å²) >= 11 is 0. The zero-order valence-corrected chi connectivity index (χ0v) is 12.7. The lowest BCUT2D eigenvalue weighted by molar-refractivity contribution is -0.137. The summed E-state index contributed by atoms with van der Waals surface area (Å²) in [6.07, 6.45) is 3.73. The number of carbonyl (C=O) groups excluding carboxylic acids is 1. The summed E-state index contributed by atoms with van der Waals surface area (Å²) in [6, 6.07) is 7.86. The Kier molecular flexibility index (Phi) is 5.81. The Hall–Kier alpha value is -1.81. The van der Waals surface area contributed by atoms with Crippen LogP contribution in [0.4, 0.5) is 0 Å². The Morgan fingerprint density at radius 2 is 1.95 bits per heavy atom. The van der Waals surface area contributed by atoms with E-state index in [1.807, 2.05) is 31.2 Å². The molecule has 1 saturated heterocycles. The highest BCUT2D eigenvalue weighted by Gasteiger charge is 2.20. The van der Waals surface area contributed by atoms with Gasteiger partial charge in [-0.2, -0.15) is 0 Å². The van der Waals surface area contributed by atoms with E-state index in [-0.39, 0.29) is 5.97 Å². The normalized spacial score (nSPS) is 16.6. The third kappa shape index (κ3) is 4.33. The number of hydrogen-bond acceptors (Lipinski definition) is 4. The molecule has 0 unspecified atom stereocenters. The second kappa shape index (κ2) is 7.84. The molecule has 1 aromatic carbocycles. The molecule has 21 heavy (non-hydrogen) atoms. The van der Waals surface area contributed by atoms with E-state index in [0.717, 1.165) is 42.8 Å². The lowest BCUT2D eigenvalue weighted by Gasteiger charge is -2.25. The van der Waals surface area contributed by atoms with Crippen molar-refractivity contribution in [2.24, 2.45) is 5.92 Å². The molecule has 0 aromatic heterocycles. The number of allylic oxidation sites excluding steroid dienone is 1. The van der Waals surface area contributed by atoms with Crippen molar-refractivity contribution in [3.63, 3.8) is 0 Å². The molecule has 0 aliphatic carbocycles. The number of piperidine rings is 1. The minimum atomic E-state index is -0.262. The van der Waals surface area contributed by atoms with E-state index in [9.17, 15) is 4.79 Å². The van der Waals surface area contributed by atoms with Gasteiger partial charge in [-0.15, -0.1) is 0 Å². The average molecular weight is 289 g/mol. The van der Waals surface area contributed by atoms with Gasteiger partial charge in [-0.1, -0.05) is 12.1 Å². The molecule has 0 amide bonds. The van der Waals surface area contributed by atoms with Gasteiger partial charge in [-0.05, 0) is 62.0 Å². The predicted octanol–water partition coefficient (Wildman–Crippen LogP) is 2.64. The molecule has 0 bridgehead atoms. The van der Waals surface area contributed by atoms with E-state index in [4.69, 9.17) is 9.47 Å². The lowest BCUT2D eigenvalue weighted by Crippen LogP contribution is -2.28. The summed E-state index contributed by atoms with van der Waals surface area (Å²) < 4.78 is 10.3. The topological polar surface area (TPSA) is 47.6 Å². The number of carbonyl (C=O) groups is 1. The van der Waals surface area contributed by atoms with Crippen LogP contribution < -0.4 is 10.1 Å². The number of esters is 1. The zero-order chi connectivity index (χ0) is 15.1. The van der Waals surface area contributed by atoms with Gasteiger partial charge in [0.05, 0.1) is 13.7 Å². The Morgan fingerprint density at radius 1 is 1.29 bits per heavy atom. The first kappa shape index (κ1) is 15.6. The van der Waals surface area contributed by atoms with Gasteiger partial charge in [0.2, 0.25) is 0 Å². The predicted molar refractivity (Wildman–Crippen MR) is 83.2 cm³/mol. The molecular formula is C17H23NO3. The fourth-order valence-electron chi connectivity index (χ4n) is 2.66. The molecule has 0 spiro atoms. The molecule has 1 heterocycles. The Labute approximate surface area is 126 Å². The van der Waals surface area contributed by atoms with Crippen LogP contribution in [-0.4, -0.2) is 32.8 Å². The third-order valence-electron chi connectivity index (χ3n) is 3.76. The van der Waals surface area contributed by atoms with Gasteiger partial charge in [0.1, 0.15) is 5.75 Å². The van der Waals surface area contributed by atoms with E-state index >= 15 is 0 Å². The van der Waals surface area contributed by atoms with Crippen LogP contribution >= 0.6 is 0 Å². The van der Waals surface area contributed by atoms with Crippen molar-refractivity contribution in [3.8, 4) is 5.75 Å². The maximum atomic E-state index is 11.9. The van der Waals surface area contributed by atoms with E-state index in [1.54, 1.807) is 13.2 Å². The Balaban J connectivity index is 2.26. The lowest BCUT2D eigenvalue weighted by atomic mass is 9.85. The summed E-state index contributed by atoms with van der Waals surface area (Å²) in [7, 11) is 1.65. The quantitative estimate of drug-likeness (QED) is 0.668. The monoisotopic (exact) mass is 289 g/mol. The smallest absolute Gasteiger partial charge is 0.331 e. The third-order valence-corrected chi connectivity index (χ3v) is 3.76. The van der Waals surface area contributed by atoms with Crippen molar-refractivity contribution in [1.82, 2.24) is 5.32 Å². The van der Waals surface area contributed by atoms with Crippen molar-refractivity contribution in [1.29, 1.82) is 0 Å². The molecule has 4 nitrogen and oxygen atoms in total. The molecule has 1 fully saturated rings. The first-order chi connectivity index (χ1) is 10.2. The van der Waals surface area contributed by atoms with Crippen molar-refractivity contribution >= 4 is 11.5 Å². The van der Waals surface area contributed by atoms with Crippen LogP contribution in [0.1, 0.15) is 25.3 Å². The van der Waals surface area contributed by atoms with E-state index in [2.05, 4.69) is 5.32 Å². The molecule has 1 aliphatic rings. The molecular weight excluding hydrogens is 266 g/mol. The molecule has 0 saturated carbocycles. The average Bonchev–Trinajstić information content (AvgIpc) is 2.54. The van der Waals surface area contributed by atoms with Crippen molar-refractivity contribution in [2.75, 3.05) is 26.8 Å². The zero-order valence-electron chi connectivity index (χ0n) is 12.7. The van der Waals surface area contributed by atoms with E-state index in [1.165, 1.54) is 0 Å². The van der Waals surface area contributed by atoms with Gasteiger partial charge in [-0.25, -0.2) is 4.79 Å². The van der Waals surface area contributed by atoms with E-state index in [0.29, 0.717) is 12.5 Å². The number of benzene rings is 1. The minimum absolute atomic E-state index is 0.262. The van der Waals surface area contributed by atoms with Gasteiger partial charge >= 0.3 is 5.97 Å². The highest BCUT2D eigenvalue weighted by Crippen LogP contribution is 2.31. The molecule has 4 heteroatoms. The number of rotatable bonds is 5. The van der Waals surface area contributed by atoms with Crippen LogP contribution in [0.25, 0.3) is 5.57 Å². The molecule has 0 radical (unpaired) electrons. The molecule has 1 aliphatic heterocycles. The standard InChI is InChI=1S/C17H23NO3/c1-3-21-17(19)12-16(14-8-10-18-11-9-14)13-4-6-15(20-2)7-5-13/h4-7,12,14,18H,3,8-11H2,1-2H3/b16-12+. The van der Waals surface area contributed by atoms with Crippen LogP contribution in [0, 0.1) is 5.92 Å². The van der Waals surface area contributed by atoms with Gasteiger partial charge in [-0.3, -0.25) is 0 Å². The van der Waals surface area contributed by atoms with Crippen LogP contribution in [0.15, 0.2) is 30.3 Å². The van der Waals surface area contributed by atoms with Crippen LogP contribution in [0.2, 0.25) is 0 Å². The van der Waals surface area contributed by atoms with Gasteiger partial charge in [0.15, 0.2) is 0 Å². The molecule has 1 N–H and O–H groups in total. The molecule has 0 atom stereocenters. The molecule has 1 aromatic rings. The van der Waals surface area contributed by atoms with Gasteiger partial charge in [0, 0.05) is 6.08 Å². The maximum Gasteiger partial charge on any atom is 0.331 e. The fourth-order valence-corrected chi connectivity index (χ4v) is 2.66. The highest BCUT2D eigenvalue weighted by atomic mass is 16.5. The Morgan fingerprint density at radius 3 is 2.52 bits per heavy atom. The van der Waals surface area contributed by atoms with Gasteiger partial charge < -0.3 is 14.8 Å². The first-order valence-corrected chi connectivity index (χ1v) is 7.48. The number of methoxy groups -OCH3 is 1. The SMILES string of the molecule is CCOC(=O)/C=C(\c1ccc(OC)cc1)C1CCNCC1. The number of ether oxygens (including phenoxy) is 2. The fraction of sp³-hybridized carbons (Fsp3) is 0.471. The van der Waals surface area contributed by atoms with Crippen molar-refractivity contribution in [2.45, 2.75) is 19.8 Å². The van der Waals surface area contributed by atoms with Gasteiger partial charge in [0.25, 0.3) is 0 Å². The summed E-state index contributed by atoms with van der Waals surface area (Å²) in [5.74, 6) is 0.949. The minimum Gasteiger partial charge on any atom is -0.497 e. The molecule has 2 rings (SSSR count). The van der Waals surface area contributed by atoms with Crippen LogP contribution in [0.3, 0.4) is 0 Å². The number of nitrogens with one attached hydrogen (secondary N) is 1. The van der Waals surface area contributed by atoms with Crippen molar-refractivity contribution < 1.29 is 14.3 Å². The molecule has 114 valence electrons. The van der Waals surface area contributed by atoms with Crippen molar-refractivity contribution in [3.05, 3.63) is 35.9 Å².